The first kappa shape index (κ1) is 20.5. The van der Waals surface area contributed by atoms with Crippen molar-refractivity contribution >= 4 is 17.3 Å². The molecule has 1 heterocycles. The van der Waals surface area contributed by atoms with Crippen LogP contribution < -0.4 is 9.64 Å². The Kier molecular flexibility index (Phi) is 6.39. The van der Waals surface area contributed by atoms with Gasteiger partial charge in [0, 0.05) is 30.6 Å². The SMILES string of the molecule is CCOc1ccc(N(CCC#N)C(=O)c2ccn(-c3cccc([N+](=O)[O-])c3)n2)cc1. The van der Waals surface area contributed by atoms with Crippen LogP contribution in [0.2, 0.25) is 0 Å². The second kappa shape index (κ2) is 9.34. The van der Waals surface area contributed by atoms with Gasteiger partial charge in [0.05, 0.1) is 29.7 Å². The first-order valence-corrected chi connectivity index (χ1v) is 9.25. The van der Waals surface area contributed by atoms with Gasteiger partial charge in [0.1, 0.15) is 5.75 Å². The van der Waals surface area contributed by atoms with Crippen molar-refractivity contribution in [2.24, 2.45) is 0 Å². The molecule has 2 aromatic carbocycles. The lowest BCUT2D eigenvalue weighted by Gasteiger charge is -2.21. The van der Waals surface area contributed by atoms with Crippen LogP contribution in [-0.2, 0) is 0 Å². The number of rotatable bonds is 8. The number of nitro benzene ring substituents is 1. The maximum absolute atomic E-state index is 13.1. The number of nitro groups is 1. The zero-order chi connectivity index (χ0) is 21.5. The maximum Gasteiger partial charge on any atom is 0.278 e. The molecule has 0 unspecified atom stereocenters. The summed E-state index contributed by atoms with van der Waals surface area (Å²) in [6, 6.07) is 16.6. The fourth-order valence-electron chi connectivity index (χ4n) is 2.87. The fraction of sp³-hybridized carbons (Fsp3) is 0.190. The number of aromatic nitrogens is 2. The monoisotopic (exact) mass is 405 g/mol. The molecule has 0 aliphatic rings. The van der Waals surface area contributed by atoms with Crippen LogP contribution in [0, 0.1) is 21.4 Å². The Labute approximate surface area is 172 Å². The van der Waals surface area contributed by atoms with Gasteiger partial charge in [0.25, 0.3) is 11.6 Å². The standard InChI is InChI=1S/C21H19N5O4/c1-2-30-19-9-7-16(8-10-19)24(13-4-12-22)21(27)20-11-14-25(23-20)17-5-3-6-18(15-17)26(28)29/h3,5-11,14-15H,2,4,13H2,1H3. The van der Waals surface area contributed by atoms with Crippen molar-refractivity contribution in [2.75, 3.05) is 18.1 Å². The molecule has 152 valence electrons. The predicted octanol–water partition coefficient (Wildman–Crippen LogP) is 3.74. The molecule has 9 nitrogen and oxygen atoms in total. The lowest BCUT2D eigenvalue weighted by Crippen LogP contribution is -2.32. The van der Waals surface area contributed by atoms with Crippen molar-refractivity contribution in [3.63, 3.8) is 0 Å². The summed E-state index contributed by atoms with van der Waals surface area (Å²) in [5, 5.41) is 24.2. The third-order valence-electron chi connectivity index (χ3n) is 4.27. The molecule has 0 aliphatic carbocycles. The summed E-state index contributed by atoms with van der Waals surface area (Å²) in [6.45, 7) is 2.62. The fourth-order valence-corrected chi connectivity index (χ4v) is 2.87. The molecule has 0 aliphatic heterocycles. The average Bonchev–Trinajstić information content (AvgIpc) is 3.25. The molecular formula is C21H19N5O4. The summed E-state index contributed by atoms with van der Waals surface area (Å²) in [5.74, 6) is 0.308. The molecular weight excluding hydrogens is 386 g/mol. The Hall–Kier alpha value is -4.19. The molecule has 0 N–H and O–H groups in total. The molecule has 9 heteroatoms. The Bertz CT molecular complexity index is 1090. The van der Waals surface area contributed by atoms with Crippen LogP contribution in [0.3, 0.4) is 0 Å². The molecule has 1 amide bonds. The summed E-state index contributed by atoms with van der Waals surface area (Å²) >= 11 is 0. The van der Waals surface area contributed by atoms with Gasteiger partial charge < -0.3 is 9.64 Å². The Morgan fingerprint density at radius 1 is 1.27 bits per heavy atom. The average molecular weight is 405 g/mol. The minimum Gasteiger partial charge on any atom is -0.494 e. The van der Waals surface area contributed by atoms with E-state index in [0.29, 0.717) is 23.7 Å². The van der Waals surface area contributed by atoms with Crippen molar-refractivity contribution in [1.82, 2.24) is 9.78 Å². The van der Waals surface area contributed by atoms with Crippen LogP contribution in [0.5, 0.6) is 5.75 Å². The van der Waals surface area contributed by atoms with Gasteiger partial charge in [-0.3, -0.25) is 14.9 Å². The van der Waals surface area contributed by atoms with Crippen molar-refractivity contribution < 1.29 is 14.5 Å². The first-order valence-electron chi connectivity index (χ1n) is 9.25. The smallest absolute Gasteiger partial charge is 0.278 e. The van der Waals surface area contributed by atoms with Gasteiger partial charge in [0.15, 0.2) is 5.69 Å². The normalized spacial score (nSPS) is 10.3. The molecule has 0 atom stereocenters. The predicted molar refractivity (Wildman–Crippen MR) is 110 cm³/mol. The molecule has 0 spiro atoms. The number of amides is 1. The van der Waals surface area contributed by atoms with E-state index in [-0.39, 0.29) is 30.3 Å². The summed E-state index contributed by atoms with van der Waals surface area (Å²) in [6.07, 6.45) is 1.72. The van der Waals surface area contributed by atoms with E-state index in [1.54, 1.807) is 42.6 Å². The maximum atomic E-state index is 13.1. The molecule has 1 aromatic heterocycles. The highest BCUT2D eigenvalue weighted by Crippen LogP contribution is 2.22. The van der Waals surface area contributed by atoms with E-state index in [4.69, 9.17) is 10.00 Å². The minimum atomic E-state index is -0.491. The molecule has 0 radical (unpaired) electrons. The van der Waals surface area contributed by atoms with Crippen LogP contribution in [0.25, 0.3) is 5.69 Å². The number of benzene rings is 2. The number of nitrogens with zero attached hydrogens (tertiary/aromatic N) is 5. The Morgan fingerprint density at radius 3 is 2.70 bits per heavy atom. The summed E-state index contributed by atoms with van der Waals surface area (Å²) in [5.41, 5.74) is 1.17. The Morgan fingerprint density at radius 2 is 2.03 bits per heavy atom. The molecule has 0 fully saturated rings. The van der Waals surface area contributed by atoms with E-state index in [1.807, 2.05) is 13.0 Å². The van der Waals surface area contributed by atoms with Crippen LogP contribution in [0.4, 0.5) is 11.4 Å². The third kappa shape index (κ3) is 4.62. The first-order chi connectivity index (χ1) is 14.5. The summed E-state index contributed by atoms with van der Waals surface area (Å²) in [4.78, 5) is 25.1. The van der Waals surface area contributed by atoms with Gasteiger partial charge in [0.2, 0.25) is 0 Å². The van der Waals surface area contributed by atoms with Crippen molar-refractivity contribution in [3.05, 3.63) is 76.6 Å². The summed E-state index contributed by atoms with van der Waals surface area (Å²) in [7, 11) is 0. The molecule has 3 aromatic rings. The van der Waals surface area contributed by atoms with Crippen LogP contribution in [0.1, 0.15) is 23.8 Å². The van der Waals surface area contributed by atoms with Crippen molar-refractivity contribution in [2.45, 2.75) is 13.3 Å². The molecule has 0 saturated heterocycles. The molecule has 30 heavy (non-hydrogen) atoms. The lowest BCUT2D eigenvalue weighted by atomic mass is 10.2. The van der Waals surface area contributed by atoms with Gasteiger partial charge in [-0.15, -0.1) is 0 Å². The highest BCUT2D eigenvalue weighted by Gasteiger charge is 2.20. The van der Waals surface area contributed by atoms with Gasteiger partial charge >= 0.3 is 0 Å². The lowest BCUT2D eigenvalue weighted by molar-refractivity contribution is -0.384. The second-order valence-electron chi connectivity index (χ2n) is 6.21. The number of hydrogen-bond donors (Lipinski definition) is 0. The summed E-state index contributed by atoms with van der Waals surface area (Å²) < 4.78 is 6.83. The zero-order valence-corrected chi connectivity index (χ0v) is 16.3. The van der Waals surface area contributed by atoms with E-state index in [9.17, 15) is 14.9 Å². The number of ether oxygens (including phenoxy) is 1. The number of carbonyl (C=O) groups is 1. The van der Waals surface area contributed by atoms with Crippen molar-refractivity contribution in [1.29, 1.82) is 5.26 Å². The number of carbonyl (C=O) groups excluding carboxylic acids is 1. The largest absolute Gasteiger partial charge is 0.494 e. The second-order valence-corrected chi connectivity index (χ2v) is 6.21. The van der Waals surface area contributed by atoms with Gasteiger partial charge in [-0.2, -0.15) is 10.4 Å². The van der Waals surface area contributed by atoms with E-state index in [0.717, 1.165) is 0 Å². The topological polar surface area (TPSA) is 114 Å². The molecule has 0 saturated carbocycles. The van der Waals surface area contributed by atoms with Gasteiger partial charge in [-0.25, -0.2) is 4.68 Å². The number of hydrogen-bond acceptors (Lipinski definition) is 6. The number of nitriles is 1. The van der Waals surface area contributed by atoms with E-state index in [2.05, 4.69) is 5.10 Å². The van der Waals surface area contributed by atoms with Crippen LogP contribution in [0.15, 0.2) is 60.8 Å². The number of non-ortho nitro benzene ring substituents is 1. The number of anilines is 1. The van der Waals surface area contributed by atoms with Gasteiger partial charge in [-0.05, 0) is 43.3 Å². The van der Waals surface area contributed by atoms with Crippen molar-refractivity contribution in [3.8, 4) is 17.5 Å². The highest BCUT2D eigenvalue weighted by atomic mass is 16.6. The third-order valence-corrected chi connectivity index (χ3v) is 4.27. The van der Waals surface area contributed by atoms with Crippen LogP contribution >= 0.6 is 0 Å². The van der Waals surface area contributed by atoms with E-state index < -0.39 is 4.92 Å². The van der Waals surface area contributed by atoms with Gasteiger partial charge in [-0.1, -0.05) is 6.07 Å². The minimum absolute atomic E-state index is 0.0686. The Balaban J connectivity index is 1.87. The van der Waals surface area contributed by atoms with Crippen LogP contribution in [-0.4, -0.2) is 33.8 Å². The van der Waals surface area contributed by atoms with E-state index >= 15 is 0 Å². The highest BCUT2D eigenvalue weighted by molar-refractivity contribution is 6.04. The van der Waals surface area contributed by atoms with E-state index in [1.165, 1.54) is 27.8 Å². The molecule has 3 rings (SSSR count). The zero-order valence-electron chi connectivity index (χ0n) is 16.3. The quantitative estimate of drug-likeness (QED) is 0.416. The molecule has 0 bridgehead atoms.